The molecule has 0 aromatic heterocycles. The number of hydrogen-bond acceptors (Lipinski definition) is 4. The third-order valence-electron chi connectivity index (χ3n) is 4.33. The molecule has 2 atom stereocenters. The zero-order valence-corrected chi connectivity index (χ0v) is 15.7. The van der Waals surface area contributed by atoms with E-state index in [0.717, 1.165) is 12.8 Å². The first-order valence-corrected chi connectivity index (χ1v) is 9.93. The third kappa shape index (κ3) is 4.50. The molecule has 24 heavy (non-hydrogen) atoms. The molecule has 2 unspecified atom stereocenters. The standard InChI is InChI=1S/C18H27NO4S/c1-14(24(21,22)16-10-6-5-7-11-16)15-9-8-12-19(13-15)17(20)23-18(2,3)4/h5-7,10-11,14-15H,8-9,12-13H2,1-4H3. The Labute approximate surface area is 144 Å². The van der Waals surface area contributed by atoms with Crippen molar-refractivity contribution in [2.24, 2.45) is 5.92 Å². The Hall–Kier alpha value is -1.56. The zero-order chi connectivity index (χ0) is 18.0. The highest BCUT2D eigenvalue weighted by atomic mass is 32.2. The van der Waals surface area contributed by atoms with Gasteiger partial charge in [0.25, 0.3) is 0 Å². The number of piperidine rings is 1. The number of carbonyl (C=O) groups is 1. The average molecular weight is 353 g/mol. The summed E-state index contributed by atoms with van der Waals surface area (Å²) >= 11 is 0. The Morgan fingerprint density at radius 2 is 1.88 bits per heavy atom. The summed E-state index contributed by atoms with van der Waals surface area (Å²) in [7, 11) is -3.40. The van der Waals surface area contributed by atoms with Crippen molar-refractivity contribution < 1.29 is 17.9 Å². The third-order valence-corrected chi connectivity index (χ3v) is 6.63. The van der Waals surface area contributed by atoms with Gasteiger partial charge in [-0.2, -0.15) is 0 Å². The second kappa shape index (κ2) is 7.13. The van der Waals surface area contributed by atoms with E-state index in [-0.39, 0.29) is 12.0 Å². The molecule has 6 heteroatoms. The molecule has 1 amide bonds. The Bertz CT molecular complexity index is 664. The summed E-state index contributed by atoms with van der Waals surface area (Å²) in [5, 5.41) is -0.537. The summed E-state index contributed by atoms with van der Waals surface area (Å²) < 4.78 is 31.0. The van der Waals surface area contributed by atoms with Crippen molar-refractivity contribution >= 4 is 15.9 Å². The number of likely N-dealkylation sites (tertiary alicyclic amines) is 1. The molecule has 1 aromatic carbocycles. The summed E-state index contributed by atoms with van der Waals surface area (Å²) in [5.41, 5.74) is -0.550. The van der Waals surface area contributed by atoms with Crippen molar-refractivity contribution in [3.63, 3.8) is 0 Å². The van der Waals surface area contributed by atoms with Crippen LogP contribution >= 0.6 is 0 Å². The predicted octanol–water partition coefficient (Wildman–Crippen LogP) is 3.50. The van der Waals surface area contributed by atoms with Crippen molar-refractivity contribution in [3.8, 4) is 0 Å². The van der Waals surface area contributed by atoms with Gasteiger partial charge in [0, 0.05) is 13.1 Å². The summed E-state index contributed by atoms with van der Waals surface area (Å²) in [6.07, 6.45) is 1.22. The molecular weight excluding hydrogens is 326 g/mol. The summed E-state index contributed by atoms with van der Waals surface area (Å²) in [4.78, 5) is 14.2. The van der Waals surface area contributed by atoms with Gasteiger partial charge in [-0.3, -0.25) is 0 Å². The Morgan fingerprint density at radius 1 is 1.25 bits per heavy atom. The van der Waals surface area contributed by atoms with Gasteiger partial charge in [-0.1, -0.05) is 18.2 Å². The number of rotatable bonds is 3. The molecule has 1 fully saturated rings. The molecule has 1 aliphatic rings. The van der Waals surface area contributed by atoms with E-state index >= 15 is 0 Å². The van der Waals surface area contributed by atoms with Crippen LogP contribution in [0.1, 0.15) is 40.5 Å². The van der Waals surface area contributed by atoms with Crippen molar-refractivity contribution in [1.82, 2.24) is 4.90 Å². The number of amides is 1. The van der Waals surface area contributed by atoms with Crippen LogP contribution in [-0.4, -0.2) is 43.4 Å². The lowest BCUT2D eigenvalue weighted by molar-refractivity contribution is 0.0166. The lowest BCUT2D eigenvalue weighted by atomic mass is 9.95. The van der Waals surface area contributed by atoms with Crippen LogP contribution in [0, 0.1) is 5.92 Å². The van der Waals surface area contributed by atoms with Crippen LogP contribution in [0.2, 0.25) is 0 Å². The van der Waals surface area contributed by atoms with Gasteiger partial charge < -0.3 is 9.64 Å². The van der Waals surface area contributed by atoms with Gasteiger partial charge in [-0.05, 0) is 58.6 Å². The average Bonchev–Trinajstić information content (AvgIpc) is 2.53. The van der Waals surface area contributed by atoms with Gasteiger partial charge in [0.15, 0.2) is 9.84 Å². The minimum absolute atomic E-state index is 0.0866. The van der Waals surface area contributed by atoms with Crippen molar-refractivity contribution in [1.29, 1.82) is 0 Å². The van der Waals surface area contributed by atoms with Crippen LogP contribution in [0.3, 0.4) is 0 Å². The maximum Gasteiger partial charge on any atom is 0.410 e. The quantitative estimate of drug-likeness (QED) is 0.834. The van der Waals surface area contributed by atoms with E-state index in [9.17, 15) is 13.2 Å². The Balaban J connectivity index is 2.10. The number of sulfone groups is 1. The number of nitrogens with zero attached hydrogens (tertiary/aromatic N) is 1. The topological polar surface area (TPSA) is 63.7 Å². The van der Waals surface area contributed by atoms with Crippen molar-refractivity contribution in [2.75, 3.05) is 13.1 Å². The molecule has 0 N–H and O–H groups in total. The molecule has 0 saturated carbocycles. The second-order valence-corrected chi connectivity index (χ2v) is 9.70. The van der Waals surface area contributed by atoms with Crippen LogP contribution < -0.4 is 0 Å². The SMILES string of the molecule is CC(C1CCCN(C(=O)OC(C)(C)C)C1)S(=O)(=O)c1ccccc1. The van der Waals surface area contributed by atoms with E-state index in [0.29, 0.717) is 18.0 Å². The maximum atomic E-state index is 12.8. The van der Waals surface area contributed by atoms with Crippen LogP contribution in [0.4, 0.5) is 4.79 Å². The number of carbonyl (C=O) groups excluding carboxylic acids is 1. The molecule has 1 aliphatic heterocycles. The predicted molar refractivity (Wildman–Crippen MR) is 93.6 cm³/mol. The van der Waals surface area contributed by atoms with E-state index in [1.165, 1.54) is 0 Å². The molecule has 0 spiro atoms. The monoisotopic (exact) mass is 353 g/mol. The summed E-state index contributed by atoms with van der Waals surface area (Å²) in [6.45, 7) is 8.26. The van der Waals surface area contributed by atoms with E-state index < -0.39 is 20.7 Å². The highest BCUT2D eigenvalue weighted by molar-refractivity contribution is 7.92. The van der Waals surface area contributed by atoms with Gasteiger partial charge in [-0.15, -0.1) is 0 Å². The van der Waals surface area contributed by atoms with E-state index in [1.807, 2.05) is 20.8 Å². The minimum atomic E-state index is -3.40. The molecule has 2 rings (SSSR count). The molecule has 1 saturated heterocycles. The molecule has 1 heterocycles. The highest BCUT2D eigenvalue weighted by Crippen LogP contribution is 2.28. The van der Waals surface area contributed by atoms with Gasteiger partial charge in [0.05, 0.1) is 10.1 Å². The van der Waals surface area contributed by atoms with Crippen LogP contribution in [-0.2, 0) is 14.6 Å². The minimum Gasteiger partial charge on any atom is -0.444 e. The molecule has 0 radical (unpaired) electrons. The number of ether oxygens (including phenoxy) is 1. The molecule has 1 aromatic rings. The summed E-state index contributed by atoms with van der Waals surface area (Å²) in [5.74, 6) is -0.0866. The first kappa shape index (κ1) is 18.8. The van der Waals surface area contributed by atoms with Gasteiger partial charge in [-0.25, -0.2) is 13.2 Å². The second-order valence-electron chi connectivity index (χ2n) is 7.39. The van der Waals surface area contributed by atoms with E-state index in [4.69, 9.17) is 4.74 Å². The van der Waals surface area contributed by atoms with Crippen LogP contribution in [0.25, 0.3) is 0 Å². The van der Waals surface area contributed by atoms with E-state index in [1.54, 1.807) is 42.2 Å². The fraction of sp³-hybridized carbons (Fsp3) is 0.611. The first-order chi connectivity index (χ1) is 11.1. The van der Waals surface area contributed by atoms with Crippen LogP contribution in [0.15, 0.2) is 35.2 Å². The smallest absolute Gasteiger partial charge is 0.410 e. The van der Waals surface area contributed by atoms with E-state index in [2.05, 4.69) is 0 Å². The fourth-order valence-electron chi connectivity index (χ4n) is 2.96. The number of hydrogen-bond donors (Lipinski definition) is 0. The molecule has 0 aliphatic carbocycles. The first-order valence-electron chi connectivity index (χ1n) is 8.38. The Morgan fingerprint density at radius 3 is 2.46 bits per heavy atom. The molecule has 0 bridgehead atoms. The van der Waals surface area contributed by atoms with Gasteiger partial charge >= 0.3 is 6.09 Å². The number of benzene rings is 1. The normalized spacial score (nSPS) is 20.5. The lowest BCUT2D eigenvalue weighted by Gasteiger charge is -2.36. The summed E-state index contributed by atoms with van der Waals surface area (Å²) in [6, 6.07) is 8.51. The van der Waals surface area contributed by atoms with Crippen molar-refractivity contribution in [2.45, 2.75) is 56.3 Å². The largest absolute Gasteiger partial charge is 0.444 e. The zero-order valence-electron chi connectivity index (χ0n) is 14.9. The highest BCUT2D eigenvalue weighted by Gasteiger charge is 2.36. The van der Waals surface area contributed by atoms with Crippen molar-refractivity contribution in [3.05, 3.63) is 30.3 Å². The van der Waals surface area contributed by atoms with Gasteiger partial charge in [0.1, 0.15) is 5.60 Å². The van der Waals surface area contributed by atoms with Crippen LogP contribution in [0.5, 0.6) is 0 Å². The molecule has 134 valence electrons. The maximum absolute atomic E-state index is 12.8. The molecule has 5 nitrogen and oxygen atoms in total. The Kier molecular flexibility index (Phi) is 5.58. The molecular formula is C18H27NO4S. The van der Waals surface area contributed by atoms with Gasteiger partial charge in [0.2, 0.25) is 0 Å². The lowest BCUT2D eigenvalue weighted by Crippen LogP contribution is -2.46. The fourth-order valence-corrected chi connectivity index (χ4v) is 4.66.